The number of methoxy groups -OCH3 is 1. The molecule has 25 heavy (non-hydrogen) atoms. The highest BCUT2D eigenvalue weighted by Gasteiger charge is 2.09. The van der Waals surface area contributed by atoms with Gasteiger partial charge in [-0.2, -0.15) is 0 Å². The van der Waals surface area contributed by atoms with Gasteiger partial charge in [-0.05, 0) is 24.5 Å². The molecule has 0 saturated carbocycles. The minimum Gasteiger partial charge on any atom is -0.496 e. The number of urea groups is 1. The molecule has 7 nitrogen and oxygen atoms in total. The lowest BCUT2D eigenvalue weighted by Gasteiger charge is -2.08. The summed E-state index contributed by atoms with van der Waals surface area (Å²) in [7, 11) is 1.53. The quantitative estimate of drug-likeness (QED) is 0.554. The van der Waals surface area contributed by atoms with Crippen molar-refractivity contribution in [2.75, 3.05) is 20.3 Å². The van der Waals surface area contributed by atoms with Crippen LogP contribution in [0.2, 0.25) is 0 Å². The van der Waals surface area contributed by atoms with Crippen molar-refractivity contribution < 1.29 is 23.9 Å². The molecule has 0 spiro atoms. The molecule has 0 saturated heterocycles. The van der Waals surface area contributed by atoms with Gasteiger partial charge in [0.25, 0.3) is 5.91 Å². The first-order valence-corrected chi connectivity index (χ1v) is 7.98. The number of imide groups is 1. The van der Waals surface area contributed by atoms with Gasteiger partial charge in [0.15, 0.2) is 6.61 Å². The number of carbonyl (C=O) groups excluding carboxylic acids is 3. The highest BCUT2D eigenvalue weighted by Crippen LogP contribution is 2.18. The van der Waals surface area contributed by atoms with E-state index in [4.69, 9.17) is 9.47 Å². The Bertz CT molecular complexity index is 626. The molecule has 0 fully saturated rings. The van der Waals surface area contributed by atoms with Gasteiger partial charge in [0.1, 0.15) is 5.75 Å². The summed E-state index contributed by atoms with van der Waals surface area (Å²) in [6.45, 7) is 4.00. The Labute approximate surface area is 147 Å². The van der Waals surface area contributed by atoms with Crippen LogP contribution in [0.15, 0.2) is 30.3 Å². The third-order valence-electron chi connectivity index (χ3n) is 3.14. The van der Waals surface area contributed by atoms with E-state index in [0.717, 1.165) is 6.42 Å². The summed E-state index contributed by atoms with van der Waals surface area (Å²) in [5, 5.41) is 4.64. The molecule has 0 atom stereocenters. The molecule has 7 heteroatoms. The van der Waals surface area contributed by atoms with Gasteiger partial charge in [-0.25, -0.2) is 9.59 Å². The van der Waals surface area contributed by atoms with Crippen molar-refractivity contribution in [3.05, 3.63) is 35.9 Å². The smallest absolute Gasteiger partial charge is 0.331 e. The Balaban J connectivity index is 2.34. The molecule has 136 valence electrons. The number of carbonyl (C=O) groups is 3. The maximum absolute atomic E-state index is 11.6. The van der Waals surface area contributed by atoms with Crippen molar-refractivity contribution in [2.45, 2.75) is 20.3 Å². The van der Waals surface area contributed by atoms with E-state index in [1.165, 1.54) is 19.3 Å². The van der Waals surface area contributed by atoms with Crippen LogP contribution in [0.4, 0.5) is 4.79 Å². The number of nitrogens with one attached hydrogen (secondary N) is 2. The standard InChI is InChI=1S/C18H24N2O5/c1-13(2)10-11-19-18(23)20-16(21)12-25-17(22)9-8-14-6-4-5-7-15(14)24-3/h4-9,13H,10-12H2,1-3H3,(H2,19,20,21,23)/b9-8+. The van der Waals surface area contributed by atoms with Crippen LogP contribution in [0.5, 0.6) is 5.75 Å². The second-order valence-corrected chi connectivity index (χ2v) is 5.67. The Morgan fingerprint density at radius 2 is 1.92 bits per heavy atom. The molecule has 0 radical (unpaired) electrons. The highest BCUT2D eigenvalue weighted by atomic mass is 16.5. The Morgan fingerprint density at radius 3 is 2.60 bits per heavy atom. The molecular formula is C18H24N2O5. The lowest BCUT2D eigenvalue weighted by Crippen LogP contribution is -2.41. The predicted octanol–water partition coefficient (Wildman–Crippen LogP) is 2.12. The van der Waals surface area contributed by atoms with Crippen LogP contribution in [-0.4, -0.2) is 38.2 Å². The normalized spacial score (nSPS) is 10.6. The number of hydrogen-bond donors (Lipinski definition) is 2. The number of amides is 3. The molecule has 1 rings (SSSR count). The number of benzene rings is 1. The maximum Gasteiger partial charge on any atom is 0.331 e. The first-order chi connectivity index (χ1) is 11.9. The molecule has 3 amide bonds. The van der Waals surface area contributed by atoms with Crippen molar-refractivity contribution >= 4 is 24.0 Å². The van der Waals surface area contributed by atoms with Crippen molar-refractivity contribution in [3.63, 3.8) is 0 Å². The zero-order valence-corrected chi connectivity index (χ0v) is 14.7. The molecule has 0 aliphatic rings. The van der Waals surface area contributed by atoms with E-state index >= 15 is 0 Å². The molecular weight excluding hydrogens is 324 g/mol. The summed E-state index contributed by atoms with van der Waals surface area (Å²) in [6.07, 6.45) is 3.52. The lowest BCUT2D eigenvalue weighted by atomic mass is 10.1. The van der Waals surface area contributed by atoms with Crippen molar-refractivity contribution in [3.8, 4) is 5.75 Å². The Morgan fingerprint density at radius 1 is 1.20 bits per heavy atom. The average Bonchev–Trinajstić information content (AvgIpc) is 2.58. The third kappa shape index (κ3) is 8.55. The summed E-state index contributed by atoms with van der Waals surface area (Å²) in [4.78, 5) is 34.6. The zero-order chi connectivity index (χ0) is 18.7. The van der Waals surface area contributed by atoms with E-state index in [0.29, 0.717) is 23.8 Å². The van der Waals surface area contributed by atoms with Crippen molar-refractivity contribution in [1.82, 2.24) is 10.6 Å². The van der Waals surface area contributed by atoms with Crippen LogP contribution in [0.3, 0.4) is 0 Å². The predicted molar refractivity (Wildman–Crippen MR) is 94.0 cm³/mol. The fraction of sp³-hybridized carbons (Fsp3) is 0.389. The van der Waals surface area contributed by atoms with Gasteiger partial charge < -0.3 is 14.8 Å². The monoisotopic (exact) mass is 348 g/mol. The lowest BCUT2D eigenvalue weighted by molar-refractivity contribution is -0.143. The minimum absolute atomic E-state index is 0.451. The summed E-state index contributed by atoms with van der Waals surface area (Å²) in [5.41, 5.74) is 0.705. The van der Waals surface area contributed by atoms with Gasteiger partial charge in [0, 0.05) is 18.2 Å². The molecule has 0 unspecified atom stereocenters. The first-order valence-electron chi connectivity index (χ1n) is 7.98. The van der Waals surface area contributed by atoms with Gasteiger partial charge in [-0.3, -0.25) is 10.1 Å². The van der Waals surface area contributed by atoms with E-state index in [9.17, 15) is 14.4 Å². The van der Waals surface area contributed by atoms with Gasteiger partial charge >= 0.3 is 12.0 Å². The molecule has 0 aromatic heterocycles. The van der Waals surface area contributed by atoms with Crippen LogP contribution >= 0.6 is 0 Å². The molecule has 0 bridgehead atoms. The second kappa shape index (κ2) is 10.9. The largest absolute Gasteiger partial charge is 0.496 e. The van der Waals surface area contributed by atoms with E-state index in [-0.39, 0.29) is 0 Å². The first kappa shape index (κ1) is 20.2. The Hall–Kier alpha value is -2.83. The highest BCUT2D eigenvalue weighted by molar-refractivity contribution is 5.96. The molecule has 0 aliphatic heterocycles. The summed E-state index contributed by atoms with van der Waals surface area (Å²) in [6, 6.07) is 6.54. The fourth-order valence-electron chi connectivity index (χ4n) is 1.83. The molecule has 1 aromatic carbocycles. The van der Waals surface area contributed by atoms with Crippen LogP contribution < -0.4 is 15.4 Å². The van der Waals surface area contributed by atoms with Crippen LogP contribution in [0.1, 0.15) is 25.8 Å². The summed E-state index contributed by atoms with van der Waals surface area (Å²) in [5.74, 6) is -0.322. The molecule has 1 aromatic rings. The minimum atomic E-state index is -0.693. The third-order valence-corrected chi connectivity index (χ3v) is 3.14. The number of hydrogen-bond acceptors (Lipinski definition) is 5. The van der Waals surface area contributed by atoms with E-state index < -0.39 is 24.5 Å². The molecule has 0 heterocycles. The van der Waals surface area contributed by atoms with Crippen LogP contribution in [0, 0.1) is 5.92 Å². The molecule has 2 N–H and O–H groups in total. The van der Waals surface area contributed by atoms with E-state index in [2.05, 4.69) is 10.6 Å². The number of rotatable bonds is 8. The van der Waals surface area contributed by atoms with Gasteiger partial charge in [0.05, 0.1) is 7.11 Å². The Kier molecular flexibility index (Phi) is 8.78. The summed E-state index contributed by atoms with van der Waals surface area (Å²) >= 11 is 0. The zero-order valence-electron chi connectivity index (χ0n) is 14.7. The van der Waals surface area contributed by atoms with Gasteiger partial charge in [-0.1, -0.05) is 32.0 Å². The summed E-state index contributed by atoms with van der Waals surface area (Å²) < 4.78 is 9.94. The fourth-order valence-corrected chi connectivity index (χ4v) is 1.83. The number of para-hydroxylation sites is 1. The van der Waals surface area contributed by atoms with Crippen molar-refractivity contribution in [2.24, 2.45) is 5.92 Å². The SMILES string of the molecule is COc1ccccc1/C=C/C(=O)OCC(=O)NC(=O)NCCC(C)C. The second-order valence-electron chi connectivity index (χ2n) is 5.67. The topological polar surface area (TPSA) is 93.7 Å². The van der Waals surface area contributed by atoms with Crippen LogP contribution in [0.25, 0.3) is 6.08 Å². The number of ether oxygens (including phenoxy) is 2. The van der Waals surface area contributed by atoms with Crippen LogP contribution in [-0.2, 0) is 14.3 Å². The van der Waals surface area contributed by atoms with Crippen molar-refractivity contribution in [1.29, 1.82) is 0 Å². The number of esters is 1. The average molecular weight is 348 g/mol. The maximum atomic E-state index is 11.6. The van der Waals surface area contributed by atoms with Gasteiger partial charge in [-0.15, -0.1) is 0 Å². The van der Waals surface area contributed by atoms with E-state index in [1.54, 1.807) is 18.2 Å². The molecule has 0 aliphatic carbocycles. The van der Waals surface area contributed by atoms with Gasteiger partial charge in [0.2, 0.25) is 0 Å². The van der Waals surface area contributed by atoms with E-state index in [1.807, 2.05) is 19.9 Å².